The largest absolute Gasteiger partial charge is 0.357 e. The molecule has 0 unspecified atom stereocenters. The zero-order valence-corrected chi connectivity index (χ0v) is 16.6. The van der Waals surface area contributed by atoms with Crippen molar-refractivity contribution >= 4 is 29.9 Å². The molecular formula is C18H29IN4. The van der Waals surface area contributed by atoms with Gasteiger partial charge in [-0.2, -0.15) is 0 Å². The number of nitrogens with zero attached hydrogens (tertiary/aromatic N) is 2. The van der Waals surface area contributed by atoms with E-state index in [2.05, 4.69) is 46.6 Å². The van der Waals surface area contributed by atoms with E-state index >= 15 is 0 Å². The molecule has 0 aromatic carbocycles. The molecule has 0 fully saturated rings. The summed E-state index contributed by atoms with van der Waals surface area (Å²) in [7, 11) is 0. The van der Waals surface area contributed by atoms with Crippen molar-refractivity contribution in [1.82, 2.24) is 15.6 Å². The smallest absolute Gasteiger partial charge is 0.191 e. The Morgan fingerprint density at radius 3 is 2.87 bits per heavy atom. The van der Waals surface area contributed by atoms with Gasteiger partial charge in [0.1, 0.15) is 0 Å². The summed E-state index contributed by atoms with van der Waals surface area (Å²) < 4.78 is 0. The Hall–Kier alpha value is -1.11. The van der Waals surface area contributed by atoms with Gasteiger partial charge in [0.05, 0.1) is 12.2 Å². The van der Waals surface area contributed by atoms with E-state index in [-0.39, 0.29) is 24.0 Å². The SMILES string of the molecule is CCNC(=NCc1ncccc1C)NCCC1=CCCCC1.I. The van der Waals surface area contributed by atoms with Crippen LogP contribution in [0.15, 0.2) is 35.0 Å². The van der Waals surface area contributed by atoms with E-state index in [9.17, 15) is 0 Å². The molecule has 0 aliphatic heterocycles. The highest BCUT2D eigenvalue weighted by Crippen LogP contribution is 2.19. The summed E-state index contributed by atoms with van der Waals surface area (Å²) >= 11 is 0. The fourth-order valence-electron chi connectivity index (χ4n) is 2.65. The minimum atomic E-state index is 0. The summed E-state index contributed by atoms with van der Waals surface area (Å²) in [6.45, 7) is 6.60. The molecule has 2 N–H and O–H groups in total. The summed E-state index contributed by atoms with van der Waals surface area (Å²) in [4.78, 5) is 9.03. The zero-order chi connectivity index (χ0) is 15.6. The summed E-state index contributed by atoms with van der Waals surface area (Å²) in [5.41, 5.74) is 3.82. The van der Waals surface area contributed by atoms with Crippen molar-refractivity contribution in [3.8, 4) is 0 Å². The van der Waals surface area contributed by atoms with Crippen LogP contribution in [0.4, 0.5) is 0 Å². The lowest BCUT2D eigenvalue weighted by Gasteiger charge is -2.15. The summed E-state index contributed by atoms with van der Waals surface area (Å²) in [5.74, 6) is 0.879. The molecule has 1 aliphatic rings. The Morgan fingerprint density at radius 1 is 1.30 bits per heavy atom. The summed E-state index contributed by atoms with van der Waals surface area (Å²) in [5, 5.41) is 6.73. The molecule has 0 radical (unpaired) electrons. The van der Waals surface area contributed by atoms with E-state index in [0.29, 0.717) is 6.54 Å². The number of halogens is 1. The second-order valence-electron chi connectivity index (χ2n) is 5.75. The molecule has 1 aromatic rings. The van der Waals surface area contributed by atoms with Crippen LogP contribution in [0.3, 0.4) is 0 Å². The van der Waals surface area contributed by atoms with Crippen molar-refractivity contribution in [1.29, 1.82) is 0 Å². The Balaban J connectivity index is 0.00000264. The van der Waals surface area contributed by atoms with Gasteiger partial charge < -0.3 is 10.6 Å². The van der Waals surface area contributed by atoms with Crippen LogP contribution in [-0.2, 0) is 6.54 Å². The molecule has 5 heteroatoms. The molecule has 0 saturated heterocycles. The molecule has 0 atom stereocenters. The van der Waals surface area contributed by atoms with Crippen LogP contribution in [-0.4, -0.2) is 24.0 Å². The maximum absolute atomic E-state index is 4.64. The van der Waals surface area contributed by atoms with Gasteiger partial charge in [-0.05, 0) is 57.6 Å². The van der Waals surface area contributed by atoms with Crippen LogP contribution in [0.5, 0.6) is 0 Å². The van der Waals surface area contributed by atoms with Gasteiger partial charge in [0, 0.05) is 19.3 Å². The lowest BCUT2D eigenvalue weighted by molar-refractivity contribution is 0.665. The van der Waals surface area contributed by atoms with E-state index < -0.39 is 0 Å². The highest BCUT2D eigenvalue weighted by molar-refractivity contribution is 14.0. The Bertz CT molecular complexity index is 526. The van der Waals surface area contributed by atoms with E-state index in [1.165, 1.54) is 31.2 Å². The van der Waals surface area contributed by atoms with Gasteiger partial charge in [0.25, 0.3) is 0 Å². The molecule has 128 valence electrons. The minimum Gasteiger partial charge on any atom is -0.357 e. The third-order valence-corrected chi connectivity index (χ3v) is 3.97. The number of pyridine rings is 1. The normalized spacial score (nSPS) is 14.7. The summed E-state index contributed by atoms with van der Waals surface area (Å²) in [6.07, 6.45) is 10.6. The Morgan fingerprint density at radius 2 is 2.17 bits per heavy atom. The number of nitrogens with one attached hydrogen (secondary N) is 2. The first kappa shape index (κ1) is 19.9. The third-order valence-electron chi connectivity index (χ3n) is 3.97. The summed E-state index contributed by atoms with van der Waals surface area (Å²) in [6, 6.07) is 4.04. The topological polar surface area (TPSA) is 49.3 Å². The molecule has 1 aromatic heterocycles. The van der Waals surface area contributed by atoms with Crippen molar-refractivity contribution in [3.63, 3.8) is 0 Å². The standard InChI is InChI=1S/C18H28N4.HI/c1-3-19-18(21-13-11-16-9-5-4-6-10-16)22-14-17-15(2)8-7-12-20-17;/h7-9,12H,3-6,10-11,13-14H2,1-2H3,(H2,19,21,22);1H. The molecule has 23 heavy (non-hydrogen) atoms. The molecule has 0 saturated carbocycles. The van der Waals surface area contributed by atoms with Crippen molar-refractivity contribution in [3.05, 3.63) is 41.2 Å². The molecule has 4 nitrogen and oxygen atoms in total. The van der Waals surface area contributed by atoms with Gasteiger partial charge in [-0.1, -0.05) is 17.7 Å². The zero-order valence-electron chi connectivity index (χ0n) is 14.3. The number of hydrogen-bond acceptors (Lipinski definition) is 2. The predicted molar refractivity (Wildman–Crippen MR) is 108 cm³/mol. The van der Waals surface area contributed by atoms with Crippen LogP contribution in [0, 0.1) is 6.92 Å². The first-order valence-electron chi connectivity index (χ1n) is 8.40. The van der Waals surface area contributed by atoms with Gasteiger partial charge >= 0.3 is 0 Å². The van der Waals surface area contributed by atoms with Crippen molar-refractivity contribution < 1.29 is 0 Å². The molecule has 1 heterocycles. The van der Waals surface area contributed by atoms with Gasteiger partial charge in [-0.15, -0.1) is 24.0 Å². The minimum absolute atomic E-state index is 0. The van der Waals surface area contributed by atoms with Crippen LogP contribution >= 0.6 is 24.0 Å². The number of hydrogen-bond donors (Lipinski definition) is 2. The second-order valence-corrected chi connectivity index (χ2v) is 5.75. The van der Waals surface area contributed by atoms with Crippen molar-refractivity contribution in [2.24, 2.45) is 4.99 Å². The molecule has 0 bridgehead atoms. The van der Waals surface area contributed by atoms with Gasteiger partial charge in [0.15, 0.2) is 5.96 Å². The third kappa shape index (κ3) is 7.33. The first-order valence-corrected chi connectivity index (χ1v) is 8.40. The molecule has 2 rings (SSSR count). The predicted octanol–water partition coefficient (Wildman–Crippen LogP) is 3.95. The highest BCUT2D eigenvalue weighted by atomic mass is 127. The van der Waals surface area contributed by atoms with E-state index in [4.69, 9.17) is 0 Å². The number of allylic oxidation sites excluding steroid dienone is 1. The van der Waals surface area contributed by atoms with E-state index in [0.717, 1.165) is 31.2 Å². The lowest BCUT2D eigenvalue weighted by Crippen LogP contribution is -2.37. The van der Waals surface area contributed by atoms with Gasteiger partial charge in [0.2, 0.25) is 0 Å². The fourth-order valence-corrected chi connectivity index (χ4v) is 2.65. The molecule has 1 aliphatic carbocycles. The molecular weight excluding hydrogens is 399 g/mol. The number of aromatic nitrogens is 1. The van der Waals surface area contributed by atoms with Crippen LogP contribution < -0.4 is 10.6 Å². The van der Waals surface area contributed by atoms with Crippen LogP contribution in [0.25, 0.3) is 0 Å². The first-order chi connectivity index (χ1) is 10.8. The second kappa shape index (κ2) is 11.4. The van der Waals surface area contributed by atoms with Crippen molar-refractivity contribution in [2.75, 3.05) is 13.1 Å². The highest BCUT2D eigenvalue weighted by Gasteiger charge is 2.04. The Kier molecular flexibility index (Phi) is 9.91. The average molecular weight is 428 g/mol. The maximum Gasteiger partial charge on any atom is 0.191 e. The van der Waals surface area contributed by atoms with Gasteiger partial charge in [-0.25, -0.2) is 4.99 Å². The maximum atomic E-state index is 4.64. The number of aryl methyl sites for hydroxylation is 1. The van der Waals surface area contributed by atoms with E-state index in [1.807, 2.05) is 12.3 Å². The molecule has 0 amide bonds. The number of guanidine groups is 1. The average Bonchev–Trinajstić information content (AvgIpc) is 2.55. The molecule has 0 spiro atoms. The van der Waals surface area contributed by atoms with Crippen molar-refractivity contribution in [2.45, 2.75) is 52.5 Å². The lowest BCUT2D eigenvalue weighted by atomic mass is 9.97. The number of rotatable bonds is 6. The Labute approximate surface area is 157 Å². The quantitative estimate of drug-likeness (QED) is 0.312. The van der Waals surface area contributed by atoms with E-state index in [1.54, 1.807) is 5.57 Å². The number of aliphatic imine (C=N–C) groups is 1. The van der Waals surface area contributed by atoms with Gasteiger partial charge in [-0.3, -0.25) is 4.98 Å². The van der Waals surface area contributed by atoms with Crippen LogP contribution in [0.1, 0.15) is 50.3 Å². The fraction of sp³-hybridized carbons (Fsp3) is 0.556. The van der Waals surface area contributed by atoms with Crippen LogP contribution in [0.2, 0.25) is 0 Å². The monoisotopic (exact) mass is 428 g/mol.